The molecule has 1 aliphatic rings. The zero-order chi connectivity index (χ0) is 19.0. The monoisotopic (exact) mass is 495 g/mol. The summed E-state index contributed by atoms with van der Waals surface area (Å²) in [5.41, 5.74) is 2.54. The van der Waals surface area contributed by atoms with Crippen molar-refractivity contribution in [3.63, 3.8) is 0 Å². The number of ether oxygens (including phenoxy) is 2. The van der Waals surface area contributed by atoms with Crippen LogP contribution in [0.3, 0.4) is 0 Å². The number of hydrogen-bond donors (Lipinski definition) is 2. The van der Waals surface area contributed by atoms with E-state index in [0.29, 0.717) is 6.54 Å². The van der Waals surface area contributed by atoms with E-state index < -0.39 is 0 Å². The second-order valence-electron chi connectivity index (χ2n) is 6.85. The second-order valence-corrected chi connectivity index (χ2v) is 6.85. The number of aliphatic imine (C=N–C) groups is 1. The molecule has 1 fully saturated rings. The Morgan fingerprint density at radius 1 is 1.04 bits per heavy atom. The Morgan fingerprint density at radius 2 is 1.71 bits per heavy atom. The van der Waals surface area contributed by atoms with Crippen molar-refractivity contribution in [2.75, 3.05) is 33.9 Å². The molecule has 6 heteroatoms. The Kier molecular flexibility index (Phi) is 9.05. The average Bonchev–Trinajstić information content (AvgIpc) is 2.75. The molecule has 3 rings (SSSR count). The quantitative estimate of drug-likeness (QED) is 0.365. The van der Waals surface area contributed by atoms with Crippen LogP contribution in [0.4, 0.5) is 0 Å². The maximum atomic E-state index is 5.62. The van der Waals surface area contributed by atoms with Crippen molar-refractivity contribution in [3.05, 3.63) is 65.7 Å². The van der Waals surface area contributed by atoms with Gasteiger partial charge in [0.1, 0.15) is 5.75 Å². The Bertz CT molecular complexity index is 746. The fourth-order valence-electron chi connectivity index (χ4n) is 3.62. The normalized spacial score (nSPS) is 16.0. The van der Waals surface area contributed by atoms with Gasteiger partial charge in [0.05, 0.1) is 7.11 Å². The summed E-state index contributed by atoms with van der Waals surface area (Å²) in [5.74, 6) is 1.67. The van der Waals surface area contributed by atoms with E-state index in [1.807, 2.05) is 18.2 Å². The zero-order valence-corrected chi connectivity index (χ0v) is 18.9. The van der Waals surface area contributed by atoms with Gasteiger partial charge in [0.2, 0.25) is 0 Å². The molecule has 0 aromatic heterocycles. The van der Waals surface area contributed by atoms with Crippen molar-refractivity contribution in [1.29, 1.82) is 0 Å². The molecular weight excluding hydrogens is 465 g/mol. The van der Waals surface area contributed by atoms with Crippen LogP contribution in [-0.4, -0.2) is 39.9 Å². The lowest BCUT2D eigenvalue weighted by Crippen LogP contribution is -2.47. The summed E-state index contributed by atoms with van der Waals surface area (Å²) in [4.78, 5) is 4.39. The lowest BCUT2D eigenvalue weighted by molar-refractivity contribution is 0.0514. The first-order chi connectivity index (χ1) is 13.3. The van der Waals surface area contributed by atoms with Gasteiger partial charge in [0, 0.05) is 44.3 Å². The van der Waals surface area contributed by atoms with Gasteiger partial charge >= 0.3 is 0 Å². The van der Waals surface area contributed by atoms with Crippen LogP contribution in [0.5, 0.6) is 5.75 Å². The van der Waals surface area contributed by atoms with Crippen molar-refractivity contribution in [2.45, 2.75) is 24.8 Å². The van der Waals surface area contributed by atoms with E-state index in [-0.39, 0.29) is 29.4 Å². The Hall–Kier alpha value is -1.80. The maximum absolute atomic E-state index is 5.62. The van der Waals surface area contributed by atoms with E-state index in [0.717, 1.165) is 49.9 Å². The SMILES string of the molecule is CN=C(NCc1ccccc1OC)NCC1(c2ccccc2)CCOCC1.I. The van der Waals surface area contributed by atoms with E-state index in [4.69, 9.17) is 9.47 Å². The van der Waals surface area contributed by atoms with Gasteiger partial charge in [-0.2, -0.15) is 0 Å². The van der Waals surface area contributed by atoms with Gasteiger partial charge in [-0.25, -0.2) is 0 Å². The fourth-order valence-corrected chi connectivity index (χ4v) is 3.62. The van der Waals surface area contributed by atoms with Crippen molar-refractivity contribution in [3.8, 4) is 5.75 Å². The number of guanidine groups is 1. The first-order valence-corrected chi connectivity index (χ1v) is 9.47. The largest absolute Gasteiger partial charge is 0.496 e. The molecule has 0 atom stereocenters. The lowest BCUT2D eigenvalue weighted by atomic mass is 9.74. The Labute approximate surface area is 184 Å². The van der Waals surface area contributed by atoms with Crippen LogP contribution in [-0.2, 0) is 16.7 Å². The summed E-state index contributed by atoms with van der Waals surface area (Å²) in [6.07, 6.45) is 2.01. The van der Waals surface area contributed by atoms with Crippen molar-refractivity contribution in [1.82, 2.24) is 10.6 Å². The molecule has 0 radical (unpaired) electrons. The van der Waals surface area contributed by atoms with Gasteiger partial charge < -0.3 is 20.1 Å². The molecule has 152 valence electrons. The summed E-state index contributed by atoms with van der Waals surface area (Å²) in [5, 5.41) is 6.93. The van der Waals surface area contributed by atoms with Crippen LogP contribution < -0.4 is 15.4 Å². The molecule has 0 bridgehead atoms. The lowest BCUT2D eigenvalue weighted by Gasteiger charge is -2.38. The Balaban J connectivity index is 0.00000280. The van der Waals surface area contributed by atoms with Crippen LogP contribution in [0.25, 0.3) is 0 Å². The molecular formula is C22H30IN3O2. The third kappa shape index (κ3) is 5.61. The van der Waals surface area contributed by atoms with E-state index >= 15 is 0 Å². The highest BCUT2D eigenvalue weighted by Gasteiger charge is 2.34. The summed E-state index contributed by atoms with van der Waals surface area (Å²) < 4.78 is 11.0. The molecule has 0 unspecified atom stereocenters. The third-order valence-corrected chi connectivity index (χ3v) is 5.29. The number of benzene rings is 2. The second kappa shape index (κ2) is 11.3. The predicted octanol–water partition coefficient (Wildman–Crippen LogP) is 3.73. The van der Waals surface area contributed by atoms with Gasteiger partial charge in [-0.3, -0.25) is 4.99 Å². The van der Waals surface area contributed by atoms with Crippen LogP contribution in [0.15, 0.2) is 59.6 Å². The van der Waals surface area contributed by atoms with Crippen molar-refractivity contribution >= 4 is 29.9 Å². The standard InChI is InChI=1S/C22H29N3O2.HI/c1-23-21(24-16-18-8-6-7-11-20(18)26-2)25-17-22(12-14-27-15-13-22)19-9-4-3-5-10-19;/h3-11H,12-17H2,1-2H3,(H2,23,24,25);1H. The van der Waals surface area contributed by atoms with E-state index in [9.17, 15) is 0 Å². The molecule has 1 aliphatic heterocycles. The number of methoxy groups -OCH3 is 1. The fraction of sp³-hybridized carbons (Fsp3) is 0.409. The number of nitrogens with zero attached hydrogens (tertiary/aromatic N) is 1. The highest BCUT2D eigenvalue weighted by Crippen LogP contribution is 2.34. The third-order valence-electron chi connectivity index (χ3n) is 5.29. The van der Waals surface area contributed by atoms with E-state index in [2.05, 4.69) is 52.0 Å². The number of nitrogens with one attached hydrogen (secondary N) is 2. The van der Waals surface area contributed by atoms with Gasteiger partial charge in [0.15, 0.2) is 5.96 Å². The molecule has 0 amide bonds. The van der Waals surface area contributed by atoms with Crippen LogP contribution in [0, 0.1) is 0 Å². The molecule has 2 aromatic rings. The van der Waals surface area contributed by atoms with Crippen molar-refractivity contribution < 1.29 is 9.47 Å². The first kappa shape index (κ1) is 22.5. The number of hydrogen-bond acceptors (Lipinski definition) is 3. The molecule has 0 aliphatic carbocycles. The summed E-state index contributed by atoms with van der Waals surface area (Å²) in [6.45, 7) is 3.07. The molecule has 1 heterocycles. The van der Waals surface area contributed by atoms with Crippen molar-refractivity contribution in [2.24, 2.45) is 4.99 Å². The molecule has 28 heavy (non-hydrogen) atoms. The number of halogens is 1. The van der Waals surface area contributed by atoms with Crippen LogP contribution in [0.2, 0.25) is 0 Å². The number of para-hydroxylation sites is 1. The molecule has 2 N–H and O–H groups in total. The predicted molar refractivity (Wildman–Crippen MR) is 125 cm³/mol. The van der Waals surface area contributed by atoms with Gasteiger partial charge in [-0.05, 0) is 24.5 Å². The molecule has 5 nitrogen and oxygen atoms in total. The number of rotatable bonds is 6. The first-order valence-electron chi connectivity index (χ1n) is 9.47. The smallest absolute Gasteiger partial charge is 0.191 e. The zero-order valence-electron chi connectivity index (χ0n) is 16.6. The van der Waals surface area contributed by atoms with E-state index in [1.165, 1.54) is 5.56 Å². The molecule has 1 saturated heterocycles. The van der Waals surface area contributed by atoms with Crippen LogP contribution in [0.1, 0.15) is 24.0 Å². The highest BCUT2D eigenvalue weighted by molar-refractivity contribution is 14.0. The van der Waals surface area contributed by atoms with Crippen LogP contribution >= 0.6 is 24.0 Å². The molecule has 0 spiro atoms. The molecule has 0 saturated carbocycles. The summed E-state index contributed by atoms with van der Waals surface area (Å²) in [6, 6.07) is 18.8. The minimum atomic E-state index is 0. The minimum Gasteiger partial charge on any atom is -0.496 e. The summed E-state index contributed by atoms with van der Waals surface area (Å²) in [7, 11) is 3.50. The minimum absolute atomic E-state index is 0. The van der Waals surface area contributed by atoms with Gasteiger partial charge in [-0.15, -0.1) is 24.0 Å². The highest BCUT2D eigenvalue weighted by atomic mass is 127. The summed E-state index contributed by atoms with van der Waals surface area (Å²) >= 11 is 0. The maximum Gasteiger partial charge on any atom is 0.191 e. The van der Waals surface area contributed by atoms with Gasteiger partial charge in [-0.1, -0.05) is 48.5 Å². The molecule has 2 aromatic carbocycles. The topological polar surface area (TPSA) is 54.9 Å². The average molecular weight is 495 g/mol. The van der Waals surface area contributed by atoms with E-state index in [1.54, 1.807) is 14.2 Å². The van der Waals surface area contributed by atoms with Gasteiger partial charge in [0.25, 0.3) is 0 Å². The Morgan fingerprint density at radius 3 is 2.39 bits per heavy atom.